The average molecular weight is 308 g/mol. The summed E-state index contributed by atoms with van der Waals surface area (Å²) in [5.41, 5.74) is -0.610. The zero-order chi connectivity index (χ0) is 14.8. The van der Waals surface area contributed by atoms with Gasteiger partial charge in [-0.3, -0.25) is 0 Å². The minimum absolute atomic E-state index is 0.0451. The van der Waals surface area contributed by atoms with Crippen LogP contribution in [0.4, 0.5) is 18.9 Å². The van der Waals surface area contributed by atoms with Crippen molar-refractivity contribution in [3.05, 3.63) is 28.8 Å². The van der Waals surface area contributed by atoms with Crippen LogP contribution < -0.4 is 5.32 Å². The fraction of sp³-hybridized carbons (Fsp3) is 0.571. The number of nitrogens with one attached hydrogen (secondary N) is 1. The van der Waals surface area contributed by atoms with Crippen LogP contribution in [0.25, 0.3) is 0 Å². The molecule has 0 saturated heterocycles. The molecule has 1 aliphatic rings. The van der Waals surface area contributed by atoms with Gasteiger partial charge in [0.15, 0.2) is 0 Å². The highest BCUT2D eigenvalue weighted by Gasteiger charge is 2.34. The summed E-state index contributed by atoms with van der Waals surface area (Å²) in [5.74, 6) is 0. The van der Waals surface area contributed by atoms with Gasteiger partial charge < -0.3 is 10.1 Å². The number of hydrogen-bond acceptors (Lipinski definition) is 2. The first kappa shape index (κ1) is 15.4. The molecule has 1 fully saturated rings. The second-order valence-electron chi connectivity index (χ2n) is 5.04. The van der Waals surface area contributed by atoms with Crippen LogP contribution in [0, 0.1) is 0 Å². The molecule has 1 saturated carbocycles. The topological polar surface area (TPSA) is 21.3 Å². The molecule has 0 spiro atoms. The van der Waals surface area contributed by atoms with Crippen LogP contribution in [0.3, 0.4) is 0 Å². The lowest BCUT2D eigenvalue weighted by atomic mass is 9.92. The van der Waals surface area contributed by atoms with E-state index in [1.54, 1.807) is 7.11 Å². The lowest BCUT2D eigenvalue weighted by Gasteiger charge is -2.29. The predicted octanol–water partition coefficient (Wildman–Crippen LogP) is 4.73. The van der Waals surface area contributed by atoms with E-state index in [1.807, 2.05) is 0 Å². The molecule has 2 rings (SSSR count). The van der Waals surface area contributed by atoms with E-state index >= 15 is 0 Å². The van der Waals surface area contributed by atoms with Crippen molar-refractivity contribution in [3.8, 4) is 0 Å². The smallest absolute Gasteiger partial charge is 0.382 e. The van der Waals surface area contributed by atoms with Gasteiger partial charge in [0, 0.05) is 23.9 Å². The number of hydrogen-bond donors (Lipinski definition) is 1. The maximum Gasteiger partial charge on any atom is 0.418 e. The number of benzene rings is 1. The number of halogens is 4. The fourth-order valence-corrected chi connectivity index (χ4v) is 2.71. The molecule has 1 N–H and O–H groups in total. The summed E-state index contributed by atoms with van der Waals surface area (Å²) in [6, 6.07) is 3.88. The van der Waals surface area contributed by atoms with Crippen LogP contribution in [0.5, 0.6) is 0 Å². The first-order valence-corrected chi connectivity index (χ1v) is 6.94. The molecule has 20 heavy (non-hydrogen) atoms. The van der Waals surface area contributed by atoms with Gasteiger partial charge in [0.1, 0.15) is 0 Å². The SMILES string of the molecule is COC1CCC(Nc2ccc(Cl)cc2C(F)(F)F)CC1. The third-order valence-corrected chi connectivity index (χ3v) is 3.89. The number of anilines is 1. The zero-order valence-electron chi connectivity index (χ0n) is 11.1. The molecular weight excluding hydrogens is 291 g/mol. The van der Waals surface area contributed by atoms with Gasteiger partial charge in [0.05, 0.1) is 11.7 Å². The molecule has 1 aromatic carbocycles. The van der Waals surface area contributed by atoms with E-state index in [-0.39, 0.29) is 22.9 Å². The summed E-state index contributed by atoms with van der Waals surface area (Å²) < 4.78 is 44.2. The Morgan fingerprint density at radius 3 is 2.40 bits per heavy atom. The van der Waals surface area contributed by atoms with Crippen molar-refractivity contribution >= 4 is 17.3 Å². The monoisotopic (exact) mass is 307 g/mol. The van der Waals surface area contributed by atoms with Crippen molar-refractivity contribution < 1.29 is 17.9 Å². The maximum atomic E-state index is 13.0. The van der Waals surface area contributed by atoms with Crippen molar-refractivity contribution in [1.29, 1.82) is 0 Å². The molecule has 0 amide bonds. The summed E-state index contributed by atoms with van der Waals surface area (Å²) >= 11 is 5.66. The van der Waals surface area contributed by atoms with Gasteiger partial charge in [-0.15, -0.1) is 0 Å². The van der Waals surface area contributed by atoms with Crippen LogP contribution >= 0.6 is 11.6 Å². The molecular formula is C14H17ClF3NO. The van der Waals surface area contributed by atoms with Crippen LogP contribution in [-0.2, 0) is 10.9 Å². The van der Waals surface area contributed by atoms with Gasteiger partial charge in [-0.25, -0.2) is 0 Å². The van der Waals surface area contributed by atoms with E-state index in [0.29, 0.717) is 0 Å². The lowest BCUT2D eigenvalue weighted by Crippen LogP contribution is -2.30. The van der Waals surface area contributed by atoms with Crippen molar-refractivity contribution in [2.75, 3.05) is 12.4 Å². The van der Waals surface area contributed by atoms with Crippen molar-refractivity contribution in [3.63, 3.8) is 0 Å². The summed E-state index contributed by atoms with van der Waals surface area (Å²) in [4.78, 5) is 0. The molecule has 2 nitrogen and oxygen atoms in total. The highest BCUT2D eigenvalue weighted by atomic mass is 35.5. The number of methoxy groups -OCH3 is 1. The molecule has 0 heterocycles. The van der Waals surface area contributed by atoms with Gasteiger partial charge in [0.25, 0.3) is 0 Å². The Morgan fingerprint density at radius 2 is 1.85 bits per heavy atom. The Hall–Kier alpha value is -0.940. The Bertz CT molecular complexity index is 456. The number of alkyl halides is 3. The van der Waals surface area contributed by atoms with E-state index in [1.165, 1.54) is 12.1 Å². The predicted molar refractivity (Wildman–Crippen MR) is 73.1 cm³/mol. The lowest BCUT2D eigenvalue weighted by molar-refractivity contribution is -0.137. The second kappa shape index (κ2) is 6.22. The third kappa shape index (κ3) is 3.79. The van der Waals surface area contributed by atoms with Gasteiger partial charge in [-0.2, -0.15) is 13.2 Å². The van der Waals surface area contributed by atoms with E-state index in [2.05, 4.69) is 5.32 Å². The maximum absolute atomic E-state index is 13.0. The normalized spacial score (nSPS) is 23.6. The van der Waals surface area contributed by atoms with Crippen molar-refractivity contribution in [2.45, 2.75) is 44.0 Å². The minimum Gasteiger partial charge on any atom is -0.382 e. The standard InChI is InChI=1S/C14H17ClF3NO/c1-20-11-5-3-10(4-6-11)19-13-7-2-9(15)8-12(13)14(16,17)18/h2,7-8,10-11,19H,3-6H2,1H3. The Morgan fingerprint density at radius 1 is 1.20 bits per heavy atom. The van der Waals surface area contributed by atoms with E-state index in [0.717, 1.165) is 31.7 Å². The molecule has 1 aliphatic carbocycles. The summed E-state index contributed by atoms with van der Waals surface area (Å²) in [6.45, 7) is 0. The quantitative estimate of drug-likeness (QED) is 0.871. The van der Waals surface area contributed by atoms with Crippen LogP contribution in [-0.4, -0.2) is 19.3 Å². The molecule has 0 bridgehead atoms. The van der Waals surface area contributed by atoms with Crippen LogP contribution in [0.2, 0.25) is 5.02 Å². The molecule has 0 aliphatic heterocycles. The highest BCUT2D eigenvalue weighted by Crippen LogP contribution is 2.37. The summed E-state index contributed by atoms with van der Waals surface area (Å²) in [7, 11) is 1.67. The third-order valence-electron chi connectivity index (χ3n) is 3.65. The first-order chi connectivity index (χ1) is 9.40. The molecule has 0 aromatic heterocycles. The summed E-state index contributed by atoms with van der Waals surface area (Å²) in [5, 5.41) is 3.08. The molecule has 0 radical (unpaired) electrons. The van der Waals surface area contributed by atoms with E-state index in [9.17, 15) is 13.2 Å². The van der Waals surface area contributed by atoms with Gasteiger partial charge in [-0.05, 0) is 43.9 Å². The molecule has 1 aromatic rings. The van der Waals surface area contributed by atoms with Crippen molar-refractivity contribution in [1.82, 2.24) is 0 Å². The molecule has 0 atom stereocenters. The Labute approximate surface area is 121 Å². The van der Waals surface area contributed by atoms with Crippen molar-refractivity contribution in [2.24, 2.45) is 0 Å². The number of rotatable bonds is 3. The zero-order valence-corrected chi connectivity index (χ0v) is 11.9. The summed E-state index contributed by atoms with van der Waals surface area (Å²) in [6.07, 6.45) is -0.847. The highest BCUT2D eigenvalue weighted by molar-refractivity contribution is 6.30. The Kier molecular flexibility index (Phi) is 4.81. The van der Waals surface area contributed by atoms with Gasteiger partial charge in [0.2, 0.25) is 0 Å². The van der Waals surface area contributed by atoms with E-state index in [4.69, 9.17) is 16.3 Å². The first-order valence-electron chi connectivity index (χ1n) is 6.56. The average Bonchev–Trinajstić information content (AvgIpc) is 2.40. The largest absolute Gasteiger partial charge is 0.418 e. The Balaban J connectivity index is 2.10. The van der Waals surface area contributed by atoms with Gasteiger partial charge >= 0.3 is 6.18 Å². The van der Waals surface area contributed by atoms with Crippen LogP contribution in [0.15, 0.2) is 18.2 Å². The molecule has 0 unspecified atom stereocenters. The number of ether oxygens (including phenoxy) is 1. The fourth-order valence-electron chi connectivity index (χ4n) is 2.54. The second-order valence-corrected chi connectivity index (χ2v) is 5.48. The molecule has 112 valence electrons. The minimum atomic E-state index is -4.41. The van der Waals surface area contributed by atoms with Gasteiger partial charge in [-0.1, -0.05) is 11.6 Å². The molecule has 6 heteroatoms. The van der Waals surface area contributed by atoms with E-state index < -0.39 is 11.7 Å². The van der Waals surface area contributed by atoms with Crippen LogP contribution in [0.1, 0.15) is 31.2 Å².